The molecule has 0 spiro atoms. The molecule has 0 saturated carbocycles. The second-order valence-corrected chi connectivity index (χ2v) is 3.53. The van der Waals surface area contributed by atoms with Crippen molar-refractivity contribution in [3.8, 4) is 0 Å². The van der Waals surface area contributed by atoms with Gasteiger partial charge in [-0.25, -0.2) is 0 Å². The predicted octanol–water partition coefficient (Wildman–Crippen LogP) is 3.25. The van der Waals surface area contributed by atoms with Gasteiger partial charge in [0.15, 0.2) is 5.78 Å². The highest BCUT2D eigenvalue weighted by Crippen LogP contribution is 2.10. The highest BCUT2D eigenvalue weighted by Gasteiger charge is 1.98. The molecule has 0 aliphatic heterocycles. The summed E-state index contributed by atoms with van der Waals surface area (Å²) >= 11 is 0. The van der Waals surface area contributed by atoms with Gasteiger partial charge in [0, 0.05) is 6.42 Å². The fraction of sp³-hybridized carbons (Fsp3) is 0.727. The molecule has 1 rings (SSSR count). The molecule has 12 heavy (non-hydrogen) atoms. The van der Waals surface area contributed by atoms with E-state index in [-0.39, 0.29) is 0 Å². The summed E-state index contributed by atoms with van der Waals surface area (Å²) in [5, 5.41) is 0. The molecule has 0 aromatic rings. The van der Waals surface area contributed by atoms with Gasteiger partial charge in [-0.05, 0) is 25.3 Å². The molecular formula is C11H18O. The Morgan fingerprint density at radius 2 is 1.58 bits per heavy atom. The Morgan fingerprint density at radius 3 is 2.42 bits per heavy atom. The van der Waals surface area contributed by atoms with Crippen LogP contribution in [0.15, 0.2) is 12.2 Å². The molecule has 0 aromatic heterocycles. The van der Waals surface area contributed by atoms with Crippen molar-refractivity contribution in [3.05, 3.63) is 12.2 Å². The van der Waals surface area contributed by atoms with Crippen molar-refractivity contribution in [2.24, 2.45) is 0 Å². The lowest BCUT2D eigenvalue weighted by molar-refractivity contribution is -0.114. The summed E-state index contributed by atoms with van der Waals surface area (Å²) in [6.45, 7) is 0. The average Bonchev–Trinajstić information content (AvgIpc) is 2.11. The van der Waals surface area contributed by atoms with Crippen LogP contribution in [0.4, 0.5) is 0 Å². The van der Waals surface area contributed by atoms with E-state index in [1.807, 2.05) is 6.08 Å². The zero-order valence-electron chi connectivity index (χ0n) is 7.72. The van der Waals surface area contributed by atoms with Gasteiger partial charge < -0.3 is 0 Å². The van der Waals surface area contributed by atoms with Gasteiger partial charge in [0.2, 0.25) is 0 Å². The molecule has 1 nitrogen and oxygen atoms in total. The highest BCUT2D eigenvalue weighted by molar-refractivity contribution is 5.89. The van der Waals surface area contributed by atoms with Crippen molar-refractivity contribution in [1.82, 2.24) is 0 Å². The Morgan fingerprint density at radius 1 is 0.917 bits per heavy atom. The van der Waals surface area contributed by atoms with E-state index in [4.69, 9.17) is 0 Å². The Labute approximate surface area is 74.9 Å². The first kappa shape index (κ1) is 9.50. The molecule has 68 valence electrons. The van der Waals surface area contributed by atoms with Gasteiger partial charge in [-0.15, -0.1) is 0 Å². The van der Waals surface area contributed by atoms with E-state index in [1.165, 1.54) is 32.1 Å². The van der Waals surface area contributed by atoms with Crippen LogP contribution in [0.3, 0.4) is 0 Å². The van der Waals surface area contributed by atoms with E-state index in [9.17, 15) is 4.79 Å². The third-order valence-electron chi connectivity index (χ3n) is 2.35. The van der Waals surface area contributed by atoms with Crippen molar-refractivity contribution in [2.75, 3.05) is 0 Å². The minimum absolute atomic E-state index is 0.317. The van der Waals surface area contributed by atoms with E-state index in [0.29, 0.717) is 5.78 Å². The maximum absolute atomic E-state index is 11.1. The fourth-order valence-electron chi connectivity index (χ4n) is 1.57. The lowest BCUT2D eigenvalue weighted by atomic mass is 10.1. The molecule has 0 aromatic carbocycles. The van der Waals surface area contributed by atoms with Crippen LogP contribution in [0.25, 0.3) is 0 Å². The van der Waals surface area contributed by atoms with Crippen molar-refractivity contribution < 1.29 is 4.79 Å². The number of carbonyl (C=O) groups is 1. The molecule has 0 N–H and O–H groups in total. The number of carbonyl (C=O) groups excluding carboxylic acids is 1. The van der Waals surface area contributed by atoms with Crippen LogP contribution in [0.1, 0.15) is 51.4 Å². The van der Waals surface area contributed by atoms with Crippen molar-refractivity contribution in [1.29, 1.82) is 0 Å². The second kappa shape index (κ2) is 5.99. The molecular weight excluding hydrogens is 148 g/mol. The van der Waals surface area contributed by atoms with Crippen LogP contribution >= 0.6 is 0 Å². The normalized spacial score (nSPS) is 21.8. The monoisotopic (exact) mass is 166 g/mol. The van der Waals surface area contributed by atoms with E-state index in [1.54, 1.807) is 6.08 Å². The molecule has 1 heteroatoms. The Balaban J connectivity index is 2.29. The number of hydrogen-bond donors (Lipinski definition) is 0. The molecule has 0 saturated heterocycles. The van der Waals surface area contributed by atoms with Crippen LogP contribution in [-0.4, -0.2) is 5.78 Å². The first-order valence-corrected chi connectivity index (χ1v) is 5.09. The first-order valence-electron chi connectivity index (χ1n) is 5.09. The average molecular weight is 166 g/mol. The fourth-order valence-corrected chi connectivity index (χ4v) is 1.57. The molecule has 0 heterocycles. The highest BCUT2D eigenvalue weighted by atomic mass is 16.1. The second-order valence-electron chi connectivity index (χ2n) is 3.53. The van der Waals surface area contributed by atoms with Crippen LogP contribution in [0.5, 0.6) is 0 Å². The van der Waals surface area contributed by atoms with Gasteiger partial charge in [0.1, 0.15) is 0 Å². The zero-order chi connectivity index (χ0) is 8.65. The Kier molecular flexibility index (Phi) is 4.74. The van der Waals surface area contributed by atoms with Crippen molar-refractivity contribution >= 4 is 5.78 Å². The van der Waals surface area contributed by atoms with Crippen molar-refractivity contribution in [2.45, 2.75) is 51.4 Å². The molecule has 0 amide bonds. The lowest BCUT2D eigenvalue weighted by Crippen LogP contribution is -1.91. The van der Waals surface area contributed by atoms with E-state index < -0.39 is 0 Å². The largest absolute Gasteiger partial charge is 0.295 e. The molecule has 0 bridgehead atoms. The Bertz CT molecular complexity index is 158. The SMILES string of the molecule is O=C1C=CCCCCCCCC1. The summed E-state index contributed by atoms with van der Waals surface area (Å²) in [7, 11) is 0. The van der Waals surface area contributed by atoms with Gasteiger partial charge in [-0.1, -0.05) is 31.8 Å². The van der Waals surface area contributed by atoms with E-state index in [2.05, 4.69) is 0 Å². The quantitative estimate of drug-likeness (QED) is 0.540. The topological polar surface area (TPSA) is 17.1 Å². The summed E-state index contributed by atoms with van der Waals surface area (Å²) in [4.78, 5) is 11.1. The third kappa shape index (κ3) is 4.32. The summed E-state index contributed by atoms with van der Waals surface area (Å²) in [5.74, 6) is 0.317. The summed E-state index contributed by atoms with van der Waals surface area (Å²) in [5.41, 5.74) is 0. The maximum Gasteiger partial charge on any atom is 0.155 e. The number of hydrogen-bond acceptors (Lipinski definition) is 1. The minimum atomic E-state index is 0.317. The summed E-state index contributed by atoms with van der Waals surface area (Å²) in [6, 6.07) is 0. The van der Waals surface area contributed by atoms with Crippen LogP contribution in [-0.2, 0) is 4.79 Å². The van der Waals surface area contributed by atoms with E-state index >= 15 is 0 Å². The van der Waals surface area contributed by atoms with Gasteiger partial charge >= 0.3 is 0 Å². The smallest absolute Gasteiger partial charge is 0.155 e. The lowest BCUT2D eigenvalue weighted by Gasteiger charge is -1.97. The molecule has 0 fully saturated rings. The number of rotatable bonds is 0. The predicted molar refractivity (Wildman–Crippen MR) is 51.1 cm³/mol. The first-order chi connectivity index (χ1) is 5.89. The van der Waals surface area contributed by atoms with Crippen LogP contribution < -0.4 is 0 Å². The van der Waals surface area contributed by atoms with Crippen LogP contribution in [0.2, 0.25) is 0 Å². The molecule has 1 aliphatic rings. The zero-order valence-corrected chi connectivity index (χ0v) is 7.72. The van der Waals surface area contributed by atoms with Gasteiger partial charge in [0.25, 0.3) is 0 Å². The third-order valence-corrected chi connectivity index (χ3v) is 2.35. The maximum atomic E-state index is 11.1. The summed E-state index contributed by atoms with van der Waals surface area (Å²) in [6.07, 6.45) is 13.2. The molecule has 1 aliphatic carbocycles. The molecule has 0 radical (unpaired) electrons. The number of ketones is 1. The van der Waals surface area contributed by atoms with E-state index in [0.717, 1.165) is 19.3 Å². The molecule has 0 atom stereocenters. The van der Waals surface area contributed by atoms with Gasteiger partial charge in [-0.3, -0.25) is 4.79 Å². The van der Waals surface area contributed by atoms with Gasteiger partial charge in [-0.2, -0.15) is 0 Å². The Hall–Kier alpha value is -0.590. The van der Waals surface area contributed by atoms with Crippen LogP contribution in [0, 0.1) is 0 Å². The standard InChI is InChI=1S/C11H18O/c12-11-9-7-5-3-1-2-4-6-8-10-11/h7,9H,1-6,8,10H2. The molecule has 0 unspecified atom stereocenters. The van der Waals surface area contributed by atoms with Crippen molar-refractivity contribution in [3.63, 3.8) is 0 Å². The summed E-state index contributed by atoms with van der Waals surface area (Å²) < 4.78 is 0. The van der Waals surface area contributed by atoms with Gasteiger partial charge in [0.05, 0.1) is 0 Å². The number of allylic oxidation sites excluding steroid dienone is 2. The minimum Gasteiger partial charge on any atom is -0.295 e.